The third-order valence-corrected chi connectivity index (χ3v) is 6.08. The molecule has 2 aromatic heterocycles. The molecule has 3 aromatic rings. The molecule has 0 amide bonds. The molecule has 3 nitrogen and oxygen atoms in total. The van der Waals surface area contributed by atoms with Crippen LogP contribution in [0.2, 0.25) is 0 Å². The summed E-state index contributed by atoms with van der Waals surface area (Å²) in [6, 6.07) is 8.89. The van der Waals surface area contributed by atoms with Gasteiger partial charge in [-0.05, 0) is 61.0 Å². The average molecular weight is 355 g/mol. The zero-order valence-corrected chi connectivity index (χ0v) is 15.2. The number of piperidine rings is 1. The number of H-pyrrole nitrogens is 1. The number of nitrogens with one attached hydrogen (secondary N) is 1. The van der Waals surface area contributed by atoms with Gasteiger partial charge in [0.05, 0.1) is 6.20 Å². The number of nitrogens with zero attached hydrogens (tertiary/aromatic N) is 2. The van der Waals surface area contributed by atoms with E-state index in [1.165, 1.54) is 34.7 Å². The van der Waals surface area contributed by atoms with E-state index in [1.807, 2.05) is 29.7 Å². The van der Waals surface area contributed by atoms with Crippen molar-refractivity contribution < 1.29 is 4.39 Å². The summed E-state index contributed by atoms with van der Waals surface area (Å²) >= 11 is 1.85. The molecule has 3 heterocycles. The largest absolute Gasteiger partial charge is 0.298 e. The van der Waals surface area contributed by atoms with Gasteiger partial charge in [-0.2, -0.15) is 5.10 Å². The Bertz CT molecular complexity index is 837. The zero-order chi connectivity index (χ0) is 17.2. The molecular formula is C20H22FN3S. The maximum absolute atomic E-state index is 13.2. The normalized spacial score (nSPS) is 18.6. The molecule has 0 radical (unpaired) electrons. The molecule has 0 unspecified atom stereocenters. The number of thiophene rings is 1. The predicted octanol–water partition coefficient (Wildman–Crippen LogP) is 4.97. The summed E-state index contributed by atoms with van der Waals surface area (Å²) in [5.41, 5.74) is 4.69. The van der Waals surface area contributed by atoms with Crippen molar-refractivity contribution in [2.75, 3.05) is 13.1 Å². The Hall–Kier alpha value is -1.98. The monoisotopic (exact) mass is 355 g/mol. The molecule has 1 aromatic carbocycles. The van der Waals surface area contributed by atoms with E-state index in [0.717, 1.165) is 37.2 Å². The maximum Gasteiger partial charge on any atom is 0.123 e. The second kappa shape index (κ2) is 7.10. The number of aromatic nitrogens is 2. The maximum atomic E-state index is 13.2. The van der Waals surface area contributed by atoms with Crippen LogP contribution in [0.15, 0.2) is 41.9 Å². The Morgan fingerprint density at radius 1 is 1.28 bits per heavy atom. The smallest absolute Gasteiger partial charge is 0.123 e. The van der Waals surface area contributed by atoms with E-state index < -0.39 is 0 Å². The number of aryl methyl sites for hydroxylation is 1. The first-order valence-electron chi connectivity index (χ1n) is 8.75. The van der Waals surface area contributed by atoms with Crippen molar-refractivity contribution in [1.82, 2.24) is 15.1 Å². The Kier molecular flexibility index (Phi) is 4.68. The van der Waals surface area contributed by atoms with Crippen LogP contribution in [0.1, 0.15) is 34.9 Å². The van der Waals surface area contributed by atoms with Crippen molar-refractivity contribution in [3.8, 4) is 11.1 Å². The Morgan fingerprint density at radius 2 is 2.12 bits per heavy atom. The van der Waals surface area contributed by atoms with E-state index >= 15 is 0 Å². The van der Waals surface area contributed by atoms with Gasteiger partial charge in [-0.15, -0.1) is 11.3 Å². The van der Waals surface area contributed by atoms with Gasteiger partial charge in [-0.1, -0.05) is 12.1 Å². The van der Waals surface area contributed by atoms with Crippen molar-refractivity contribution in [2.24, 2.45) is 0 Å². The number of aromatic amines is 1. The van der Waals surface area contributed by atoms with Crippen LogP contribution in [0.4, 0.5) is 4.39 Å². The van der Waals surface area contributed by atoms with Gasteiger partial charge in [0.2, 0.25) is 0 Å². The molecule has 0 saturated carbocycles. The van der Waals surface area contributed by atoms with Crippen LogP contribution in [-0.2, 0) is 6.54 Å². The van der Waals surface area contributed by atoms with Crippen LogP contribution in [0.5, 0.6) is 0 Å². The van der Waals surface area contributed by atoms with Crippen molar-refractivity contribution in [3.63, 3.8) is 0 Å². The minimum atomic E-state index is -0.205. The summed E-state index contributed by atoms with van der Waals surface area (Å²) in [5, 5.41) is 9.66. The quantitative estimate of drug-likeness (QED) is 0.717. The SMILES string of the molecule is Cc1ccsc1CN1CCC[C@H](c2[nH]ncc2-c2ccc(F)cc2)C1. The number of rotatable bonds is 4. The van der Waals surface area contributed by atoms with Gasteiger partial charge in [-0.3, -0.25) is 10.00 Å². The number of hydrogen-bond acceptors (Lipinski definition) is 3. The molecule has 0 bridgehead atoms. The third-order valence-electron chi connectivity index (χ3n) is 5.07. The van der Waals surface area contributed by atoms with Gasteiger partial charge in [-0.25, -0.2) is 4.39 Å². The van der Waals surface area contributed by atoms with Gasteiger partial charge in [0.1, 0.15) is 5.82 Å². The minimum Gasteiger partial charge on any atom is -0.298 e. The molecule has 0 spiro atoms. The minimum absolute atomic E-state index is 0.205. The molecule has 25 heavy (non-hydrogen) atoms. The Morgan fingerprint density at radius 3 is 2.88 bits per heavy atom. The second-order valence-corrected chi connectivity index (χ2v) is 7.81. The summed E-state index contributed by atoms with van der Waals surface area (Å²) in [7, 11) is 0. The molecule has 1 N–H and O–H groups in total. The fraction of sp³-hybridized carbons (Fsp3) is 0.350. The van der Waals surface area contributed by atoms with Crippen molar-refractivity contribution >= 4 is 11.3 Å². The lowest BCUT2D eigenvalue weighted by Crippen LogP contribution is -2.34. The molecule has 1 fully saturated rings. The van der Waals surface area contributed by atoms with Gasteiger partial charge >= 0.3 is 0 Å². The number of halogens is 1. The van der Waals surface area contributed by atoms with Crippen LogP contribution < -0.4 is 0 Å². The Labute approximate surface area is 151 Å². The zero-order valence-electron chi connectivity index (χ0n) is 14.3. The fourth-order valence-corrected chi connectivity index (χ4v) is 4.62. The summed E-state index contributed by atoms with van der Waals surface area (Å²) in [5.74, 6) is 0.237. The molecule has 1 saturated heterocycles. The lowest BCUT2D eigenvalue weighted by Gasteiger charge is -2.32. The van der Waals surface area contributed by atoms with E-state index in [2.05, 4.69) is 33.5 Å². The van der Waals surface area contributed by atoms with E-state index in [1.54, 1.807) is 0 Å². The fourth-order valence-electron chi connectivity index (χ4n) is 3.67. The van der Waals surface area contributed by atoms with Crippen LogP contribution in [-0.4, -0.2) is 28.2 Å². The van der Waals surface area contributed by atoms with E-state index in [9.17, 15) is 4.39 Å². The topological polar surface area (TPSA) is 31.9 Å². The van der Waals surface area contributed by atoms with E-state index in [-0.39, 0.29) is 5.82 Å². The lowest BCUT2D eigenvalue weighted by atomic mass is 9.90. The highest BCUT2D eigenvalue weighted by molar-refractivity contribution is 7.10. The van der Waals surface area contributed by atoms with Gasteiger partial charge < -0.3 is 0 Å². The summed E-state index contributed by atoms with van der Waals surface area (Å²) in [6.07, 6.45) is 4.22. The van der Waals surface area contributed by atoms with Crippen molar-refractivity contribution in [1.29, 1.82) is 0 Å². The Balaban J connectivity index is 1.53. The van der Waals surface area contributed by atoms with Crippen molar-refractivity contribution in [3.05, 3.63) is 63.9 Å². The van der Waals surface area contributed by atoms with Gasteiger partial charge in [0.15, 0.2) is 0 Å². The molecule has 1 aliphatic rings. The van der Waals surface area contributed by atoms with Gasteiger partial charge in [0, 0.05) is 35.1 Å². The summed E-state index contributed by atoms with van der Waals surface area (Å²) < 4.78 is 13.2. The second-order valence-electron chi connectivity index (χ2n) is 6.81. The summed E-state index contributed by atoms with van der Waals surface area (Å²) in [4.78, 5) is 4.01. The number of likely N-dealkylation sites (tertiary alicyclic amines) is 1. The highest BCUT2D eigenvalue weighted by atomic mass is 32.1. The third kappa shape index (κ3) is 3.53. The predicted molar refractivity (Wildman–Crippen MR) is 100 cm³/mol. The number of hydrogen-bond donors (Lipinski definition) is 1. The molecule has 1 atom stereocenters. The van der Waals surface area contributed by atoms with Crippen LogP contribution in [0.25, 0.3) is 11.1 Å². The molecule has 0 aliphatic carbocycles. The molecular weight excluding hydrogens is 333 g/mol. The number of benzene rings is 1. The highest BCUT2D eigenvalue weighted by Gasteiger charge is 2.25. The van der Waals surface area contributed by atoms with Crippen LogP contribution >= 0.6 is 11.3 Å². The average Bonchev–Trinajstić information content (AvgIpc) is 3.26. The van der Waals surface area contributed by atoms with Crippen LogP contribution in [0.3, 0.4) is 0 Å². The van der Waals surface area contributed by atoms with Gasteiger partial charge in [0.25, 0.3) is 0 Å². The van der Waals surface area contributed by atoms with Crippen molar-refractivity contribution in [2.45, 2.75) is 32.2 Å². The molecule has 4 rings (SSSR count). The first-order chi connectivity index (χ1) is 12.2. The first kappa shape index (κ1) is 16.5. The lowest BCUT2D eigenvalue weighted by molar-refractivity contribution is 0.200. The molecule has 5 heteroatoms. The summed E-state index contributed by atoms with van der Waals surface area (Å²) in [6.45, 7) is 5.40. The van der Waals surface area contributed by atoms with Crippen LogP contribution in [0, 0.1) is 12.7 Å². The van der Waals surface area contributed by atoms with E-state index in [0.29, 0.717) is 5.92 Å². The molecule has 1 aliphatic heterocycles. The highest BCUT2D eigenvalue weighted by Crippen LogP contribution is 2.34. The standard InChI is InChI=1S/C20H22FN3S/c1-14-8-10-25-19(14)13-24-9-2-3-16(12-24)20-18(11-22-23-20)15-4-6-17(21)7-5-15/h4-8,10-11,16H,2-3,9,12-13H2,1H3,(H,22,23)/t16-/m0/s1. The molecule has 130 valence electrons. The first-order valence-corrected chi connectivity index (χ1v) is 9.63. The van der Waals surface area contributed by atoms with E-state index in [4.69, 9.17) is 0 Å².